The summed E-state index contributed by atoms with van der Waals surface area (Å²) >= 11 is 0. The number of rotatable bonds is 6. The zero-order valence-electron chi connectivity index (χ0n) is 8.55. The molecule has 0 heterocycles. The molecule has 2 N–H and O–H groups in total. The first-order valence-electron chi connectivity index (χ1n) is 5.03. The fourth-order valence-corrected chi connectivity index (χ4v) is 1.87. The fraction of sp³-hybridized carbons (Fsp3) is 0.889. The van der Waals surface area contributed by atoms with Crippen molar-refractivity contribution in [3.05, 3.63) is 10.1 Å². The first-order chi connectivity index (χ1) is 6.94. The van der Waals surface area contributed by atoms with Crippen LogP contribution in [0.3, 0.4) is 0 Å². The van der Waals surface area contributed by atoms with Gasteiger partial charge >= 0.3 is 5.97 Å². The molecule has 0 amide bonds. The minimum atomic E-state index is -2.18. The van der Waals surface area contributed by atoms with Crippen LogP contribution in [0.2, 0.25) is 0 Å². The van der Waals surface area contributed by atoms with Gasteiger partial charge in [0, 0.05) is 17.3 Å². The van der Waals surface area contributed by atoms with Gasteiger partial charge in [0.2, 0.25) is 5.60 Å². The smallest absolute Gasteiger partial charge is 0.343 e. The molecule has 0 unspecified atom stereocenters. The molecular formula is C9H15NO5. The Bertz CT molecular complexity index is 276. The van der Waals surface area contributed by atoms with Crippen molar-refractivity contribution >= 4 is 5.97 Å². The molecule has 0 aliphatic heterocycles. The molecule has 1 aliphatic carbocycles. The number of hydrogen-bond donors (Lipinski definition) is 2. The molecule has 0 saturated heterocycles. The SMILES string of the molecule is CCC[C@H]([N+](=O)[O-])[C@](O)(C(=O)O)C1CC1. The van der Waals surface area contributed by atoms with Gasteiger partial charge in [-0.2, -0.15) is 0 Å². The third-order valence-corrected chi connectivity index (χ3v) is 2.87. The van der Waals surface area contributed by atoms with Crippen molar-refractivity contribution in [1.29, 1.82) is 0 Å². The Morgan fingerprint density at radius 3 is 2.47 bits per heavy atom. The second-order valence-electron chi connectivity index (χ2n) is 3.99. The molecule has 15 heavy (non-hydrogen) atoms. The number of nitrogens with zero attached hydrogens (tertiary/aromatic N) is 1. The van der Waals surface area contributed by atoms with E-state index < -0.39 is 28.5 Å². The minimum absolute atomic E-state index is 0.0896. The summed E-state index contributed by atoms with van der Waals surface area (Å²) in [5.74, 6) is -1.93. The molecule has 1 fully saturated rings. The lowest BCUT2D eigenvalue weighted by atomic mass is 9.86. The molecule has 1 aliphatic rings. The predicted molar refractivity (Wildman–Crippen MR) is 51.0 cm³/mol. The van der Waals surface area contributed by atoms with E-state index in [0.29, 0.717) is 19.3 Å². The molecule has 2 atom stereocenters. The number of nitro groups is 1. The molecular weight excluding hydrogens is 202 g/mol. The van der Waals surface area contributed by atoms with Crippen molar-refractivity contribution in [2.24, 2.45) is 5.92 Å². The summed E-state index contributed by atoms with van der Waals surface area (Å²) in [7, 11) is 0. The van der Waals surface area contributed by atoms with Crippen LogP contribution in [0.1, 0.15) is 32.6 Å². The monoisotopic (exact) mass is 217 g/mol. The predicted octanol–water partition coefficient (Wildman–Crippen LogP) is 0.657. The molecule has 1 saturated carbocycles. The van der Waals surface area contributed by atoms with Crippen molar-refractivity contribution in [2.75, 3.05) is 0 Å². The standard InChI is InChI=1S/C9H15NO5/c1-2-3-7(10(14)15)9(13,8(11)12)6-4-5-6/h6-7,13H,2-5H2,1H3,(H,11,12)/t7-,9-/m0/s1. The van der Waals surface area contributed by atoms with Gasteiger partial charge in [-0.25, -0.2) is 4.79 Å². The molecule has 0 spiro atoms. The number of carbonyl (C=O) groups is 1. The second kappa shape index (κ2) is 4.14. The molecule has 0 bridgehead atoms. The Hall–Kier alpha value is -1.17. The molecule has 0 radical (unpaired) electrons. The molecule has 0 aromatic rings. The van der Waals surface area contributed by atoms with Crippen molar-refractivity contribution in [1.82, 2.24) is 0 Å². The van der Waals surface area contributed by atoms with Gasteiger partial charge in [0.25, 0.3) is 6.04 Å². The molecule has 0 aromatic heterocycles. The summed E-state index contributed by atoms with van der Waals surface area (Å²) in [6, 6.07) is -1.40. The second-order valence-corrected chi connectivity index (χ2v) is 3.99. The number of aliphatic carboxylic acids is 1. The Morgan fingerprint density at radius 2 is 2.20 bits per heavy atom. The van der Waals surface area contributed by atoms with E-state index in [-0.39, 0.29) is 6.42 Å². The maximum atomic E-state index is 11.0. The van der Waals surface area contributed by atoms with Gasteiger partial charge in [0.05, 0.1) is 0 Å². The maximum Gasteiger partial charge on any atom is 0.343 e. The normalized spacial score (nSPS) is 21.7. The Kier molecular flexibility index (Phi) is 3.28. The highest BCUT2D eigenvalue weighted by Crippen LogP contribution is 2.43. The minimum Gasteiger partial charge on any atom is -0.479 e. The molecule has 86 valence electrons. The van der Waals surface area contributed by atoms with Gasteiger partial charge < -0.3 is 10.2 Å². The van der Waals surface area contributed by atoms with E-state index in [1.165, 1.54) is 0 Å². The lowest BCUT2D eigenvalue weighted by molar-refractivity contribution is -0.544. The summed E-state index contributed by atoms with van der Waals surface area (Å²) in [6.45, 7) is 1.73. The topological polar surface area (TPSA) is 101 Å². The van der Waals surface area contributed by atoms with Gasteiger partial charge in [0.1, 0.15) is 0 Å². The van der Waals surface area contributed by atoms with Crippen LogP contribution < -0.4 is 0 Å². The highest BCUT2D eigenvalue weighted by atomic mass is 16.6. The van der Waals surface area contributed by atoms with E-state index in [4.69, 9.17) is 5.11 Å². The molecule has 1 rings (SSSR count). The first-order valence-corrected chi connectivity index (χ1v) is 5.03. The van der Waals surface area contributed by atoms with Gasteiger partial charge in [-0.3, -0.25) is 10.1 Å². The van der Waals surface area contributed by atoms with Gasteiger partial charge in [-0.15, -0.1) is 0 Å². The van der Waals surface area contributed by atoms with Crippen LogP contribution in [0.4, 0.5) is 0 Å². The molecule has 6 nitrogen and oxygen atoms in total. The third kappa shape index (κ3) is 2.09. The molecule has 6 heteroatoms. The Balaban J connectivity index is 2.93. The van der Waals surface area contributed by atoms with Crippen LogP contribution in [-0.2, 0) is 4.79 Å². The summed E-state index contributed by atoms with van der Waals surface area (Å²) in [4.78, 5) is 21.1. The van der Waals surface area contributed by atoms with Crippen molar-refractivity contribution in [2.45, 2.75) is 44.2 Å². The van der Waals surface area contributed by atoms with Crippen LogP contribution >= 0.6 is 0 Å². The van der Waals surface area contributed by atoms with E-state index in [0.717, 1.165) is 0 Å². The summed E-state index contributed by atoms with van der Waals surface area (Å²) in [5, 5.41) is 29.6. The number of carboxylic acid groups (broad SMARTS) is 1. The van der Waals surface area contributed by atoms with Gasteiger partial charge in [-0.1, -0.05) is 6.92 Å². The lowest BCUT2D eigenvalue weighted by Crippen LogP contribution is -2.54. The van der Waals surface area contributed by atoms with Crippen LogP contribution in [-0.4, -0.2) is 32.7 Å². The number of hydrogen-bond acceptors (Lipinski definition) is 4. The zero-order chi connectivity index (χ0) is 11.6. The lowest BCUT2D eigenvalue weighted by Gasteiger charge is -2.26. The van der Waals surface area contributed by atoms with Crippen LogP contribution in [0.5, 0.6) is 0 Å². The largest absolute Gasteiger partial charge is 0.479 e. The average molecular weight is 217 g/mol. The van der Waals surface area contributed by atoms with E-state index in [1.54, 1.807) is 6.92 Å². The number of aliphatic hydroxyl groups is 1. The highest BCUT2D eigenvalue weighted by Gasteiger charge is 2.60. The van der Waals surface area contributed by atoms with Crippen molar-refractivity contribution in [3.63, 3.8) is 0 Å². The Labute approximate surface area is 87.1 Å². The summed E-state index contributed by atoms with van der Waals surface area (Å²) in [6.07, 6.45) is 1.67. The van der Waals surface area contributed by atoms with Crippen LogP contribution in [0.15, 0.2) is 0 Å². The third-order valence-electron chi connectivity index (χ3n) is 2.87. The van der Waals surface area contributed by atoms with E-state index in [9.17, 15) is 20.0 Å². The van der Waals surface area contributed by atoms with E-state index in [2.05, 4.69) is 0 Å². The van der Waals surface area contributed by atoms with Crippen LogP contribution in [0, 0.1) is 16.0 Å². The number of carboxylic acids is 1. The Morgan fingerprint density at radius 1 is 1.67 bits per heavy atom. The average Bonchev–Trinajstić information content (AvgIpc) is 2.95. The maximum absolute atomic E-state index is 11.0. The highest BCUT2D eigenvalue weighted by molar-refractivity contribution is 5.79. The first kappa shape index (κ1) is 11.9. The summed E-state index contributed by atoms with van der Waals surface area (Å²) < 4.78 is 0. The van der Waals surface area contributed by atoms with E-state index >= 15 is 0 Å². The van der Waals surface area contributed by atoms with Crippen LogP contribution in [0.25, 0.3) is 0 Å². The van der Waals surface area contributed by atoms with Crippen molar-refractivity contribution < 1.29 is 19.9 Å². The summed E-state index contributed by atoms with van der Waals surface area (Å²) in [5.41, 5.74) is -2.18. The van der Waals surface area contributed by atoms with E-state index in [1.807, 2.05) is 0 Å². The molecule has 0 aromatic carbocycles. The fourth-order valence-electron chi connectivity index (χ4n) is 1.87. The quantitative estimate of drug-likeness (QED) is 0.502. The zero-order valence-corrected chi connectivity index (χ0v) is 8.55. The van der Waals surface area contributed by atoms with Crippen molar-refractivity contribution in [3.8, 4) is 0 Å². The van der Waals surface area contributed by atoms with Gasteiger partial charge in [-0.05, 0) is 19.3 Å². The van der Waals surface area contributed by atoms with Gasteiger partial charge in [0.15, 0.2) is 0 Å².